The van der Waals surface area contributed by atoms with E-state index < -0.39 is 0 Å². The number of benzene rings is 1. The molecule has 4 heteroatoms. The molecule has 0 radical (unpaired) electrons. The van der Waals surface area contributed by atoms with Crippen molar-refractivity contribution in [1.82, 2.24) is 15.0 Å². The van der Waals surface area contributed by atoms with E-state index in [1.54, 1.807) is 17.9 Å². The molecular formula is C13H15N3O. The van der Waals surface area contributed by atoms with E-state index in [-0.39, 0.29) is 5.78 Å². The molecule has 4 nitrogen and oxygen atoms in total. The van der Waals surface area contributed by atoms with E-state index in [0.717, 1.165) is 16.7 Å². The smallest absolute Gasteiger partial charge is 0.169 e. The number of Topliss-reactive ketones (excluding diaryl/α,β-unsaturated/α-hetero) is 1. The predicted molar refractivity (Wildman–Crippen MR) is 65.0 cm³/mol. The molecule has 0 fully saturated rings. The van der Waals surface area contributed by atoms with Gasteiger partial charge in [0.05, 0.1) is 12.1 Å². The van der Waals surface area contributed by atoms with E-state index in [1.807, 2.05) is 32.0 Å². The van der Waals surface area contributed by atoms with Gasteiger partial charge in [0.15, 0.2) is 5.78 Å². The summed E-state index contributed by atoms with van der Waals surface area (Å²) in [6, 6.07) is 5.87. The summed E-state index contributed by atoms with van der Waals surface area (Å²) in [5.41, 5.74) is 3.54. The number of rotatable bonds is 3. The lowest BCUT2D eigenvalue weighted by atomic mass is 9.97. The molecule has 1 aromatic carbocycles. The van der Waals surface area contributed by atoms with Crippen LogP contribution in [0.4, 0.5) is 0 Å². The van der Waals surface area contributed by atoms with E-state index in [0.29, 0.717) is 12.1 Å². The molecule has 0 saturated heterocycles. The lowest BCUT2D eigenvalue weighted by molar-refractivity contribution is 0.0990. The predicted octanol–water partition coefficient (Wildman–Crippen LogP) is 1.86. The lowest BCUT2D eigenvalue weighted by Gasteiger charge is -2.07. The molecule has 0 aliphatic carbocycles. The molecule has 0 bridgehead atoms. The molecule has 0 saturated carbocycles. The number of hydrogen-bond donors (Lipinski definition) is 0. The minimum absolute atomic E-state index is 0.0982. The number of nitrogens with zero attached hydrogens (tertiary/aromatic N) is 3. The van der Waals surface area contributed by atoms with Crippen molar-refractivity contribution in [3.05, 3.63) is 46.8 Å². The summed E-state index contributed by atoms with van der Waals surface area (Å²) in [6.45, 7) is 3.91. The van der Waals surface area contributed by atoms with E-state index in [4.69, 9.17) is 0 Å². The highest BCUT2D eigenvalue weighted by Crippen LogP contribution is 2.15. The highest BCUT2D eigenvalue weighted by Gasteiger charge is 2.13. The van der Waals surface area contributed by atoms with E-state index >= 15 is 0 Å². The van der Waals surface area contributed by atoms with Crippen molar-refractivity contribution >= 4 is 5.78 Å². The fourth-order valence-electron chi connectivity index (χ4n) is 1.98. The Morgan fingerprint density at radius 3 is 2.47 bits per heavy atom. The molecule has 1 aromatic heterocycles. The van der Waals surface area contributed by atoms with Crippen molar-refractivity contribution in [1.29, 1.82) is 0 Å². The summed E-state index contributed by atoms with van der Waals surface area (Å²) in [5, 5.41) is 7.76. The van der Waals surface area contributed by atoms with Gasteiger partial charge in [-0.15, -0.1) is 5.10 Å². The zero-order chi connectivity index (χ0) is 12.4. The third-order valence-corrected chi connectivity index (χ3v) is 2.75. The number of hydrogen-bond acceptors (Lipinski definition) is 3. The molecule has 0 aliphatic heterocycles. The molecule has 0 unspecified atom stereocenters. The first-order chi connectivity index (χ1) is 8.08. The van der Waals surface area contributed by atoms with E-state index in [1.165, 1.54) is 0 Å². The van der Waals surface area contributed by atoms with Gasteiger partial charge in [-0.3, -0.25) is 9.48 Å². The Kier molecular flexibility index (Phi) is 3.04. The molecule has 0 N–H and O–H groups in total. The molecule has 1 heterocycles. The first-order valence-corrected chi connectivity index (χ1v) is 5.52. The van der Waals surface area contributed by atoms with Crippen molar-refractivity contribution in [2.75, 3.05) is 0 Å². The number of carbonyl (C=O) groups excluding carboxylic acids is 1. The largest absolute Gasteiger partial charge is 0.294 e. The normalized spacial score (nSPS) is 10.5. The highest BCUT2D eigenvalue weighted by atomic mass is 16.1. The summed E-state index contributed by atoms with van der Waals surface area (Å²) >= 11 is 0. The van der Waals surface area contributed by atoms with Crippen molar-refractivity contribution in [2.45, 2.75) is 20.3 Å². The van der Waals surface area contributed by atoms with Gasteiger partial charge in [0.2, 0.25) is 0 Å². The fourth-order valence-corrected chi connectivity index (χ4v) is 1.98. The molecule has 0 aliphatic rings. The molecular weight excluding hydrogens is 214 g/mol. The molecule has 17 heavy (non-hydrogen) atoms. The Bertz CT molecular complexity index is 537. The lowest BCUT2D eigenvalue weighted by Crippen LogP contribution is -2.08. The van der Waals surface area contributed by atoms with Crippen LogP contribution in [0.2, 0.25) is 0 Å². The first-order valence-electron chi connectivity index (χ1n) is 5.52. The van der Waals surface area contributed by atoms with Crippen LogP contribution in [-0.2, 0) is 13.5 Å². The molecule has 0 atom stereocenters. The standard InChI is InChI=1S/C13H15N3O/c1-9-5-4-6-10(2)13(9)12(17)7-11-8-16(3)15-14-11/h4-6,8H,7H2,1-3H3. The van der Waals surface area contributed by atoms with Crippen LogP contribution in [0.3, 0.4) is 0 Å². The van der Waals surface area contributed by atoms with Gasteiger partial charge in [0.25, 0.3) is 0 Å². The maximum atomic E-state index is 12.2. The van der Waals surface area contributed by atoms with Gasteiger partial charge in [-0.05, 0) is 25.0 Å². The summed E-state index contributed by atoms with van der Waals surface area (Å²) < 4.78 is 1.60. The summed E-state index contributed by atoms with van der Waals surface area (Å²) in [5.74, 6) is 0.0982. The van der Waals surface area contributed by atoms with Gasteiger partial charge < -0.3 is 0 Å². The van der Waals surface area contributed by atoms with Crippen molar-refractivity contribution in [3.8, 4) is 0 Å². The Hall–Kier alpha value is -1.97. The number of ketones is 1. The monoisotopic (exact) mass is 229 g/mol. The molecule has 2 rings (SSSR count). The van der Waals surface area contributed by atoms with Gasteiger partial charge in [-0.1, -0.05) is 23.4 Å². The number of carbonyl (C=O) groups is 1. The van der Waals surface area contributed by atoms with Crippen molar-refractivity contribution < 1.29 is 4.79 Å². The second-order valence-electron chi connectivity index (χ2n) is 4.25. The summed E-state index contributed by atoms with van der Waals surface area (Å²) in [6.07, 6.45) is 2.07. The minimum Gasteiger partial charge on any atom is -0.294 e. The van der Waals surface area contributed by atoms with Crippen LogP contribution >= 0.6 is 0 Å². The third-order valence-electron chi connectivity index (χ3n) is 2.75. The van der Waals surface area contributed by atoms with Crippen LogP contribution < -0.4 is 0 Å². The van der Waals surface area contributed by atoms with Gasteiger partial charge in [-0.2, -0.15) is 0 Å². The van der Waals surface area contributed by atoms with Gasteiger partial charge >= 0.3 is 0 Å². The zero-order valence-electron chi connectivity index (χ0n) is 10.3. The van der Waals surface area contributed by atoms with Crippen LogP contribution in [-0.4, -0.2) is 20.8 Å². The molecule has 0 spiro atoms. The Morgan fingerprint density at radius 2 is 1.94 bits per heavy atom. The first kappa shape index (κ1) is 11.5. The zero-order valence-corrected chi connectivity index (χ0v) is 10.3. The summed E-state index contributed by atoms with van der Waals surface area (Å²) in [7, 11) is 1.79. The van der Waals surface area contributed by atoms with E-state index in [2.05, 4.69) is 10.3 Å². The van der Waals surface area contributed by atoms with Crippen molar-refractivity contribution in [2.24, 2.45) is 7.05 Å². The van der Waals surface area contributed by atoms with Gasteiger partial charge in [-0.25, -0.2) is 0 Å². The van der Waals surface area contributed by atoms with Crippen LogP contribution in [0.25, 0.3) is 0 Å². The second-order valence-corrected chi connectivity index (χ2v) is 4.25. The van der Waals surface area contributed by atoms with Crippen LogP contribution in [0.15, 0.2) is 24.4 Å². The SMILES string of the molecule is Cc1cccc(C)c1C(=O)Cc1cn(C)nn1. The quantitative estimate of drug-likeness (QED) is 0.755. The maximum Gasteiger partial charge on any atom is 0.169 e. The second kappa shape index (κ2) is 4.49. The fraction of sp³-hybridized carbons (Fsp3) is 0.308. The van der Waals surface area contributed by atoms with Crippen LogP contribution in [0.5, 0.6) is 0 Å². The summed E-state index contributed by atoms with van der Waals surface area (Å²) in [4.78, 5) is 12.2. The number of aromatic nitrogens is 3. The molecule has 2 aromatic rings. The van der Waals surface area contributed by atoms with Crippen LogP contribution in [0, 0.1) is 13.8 Å². The average molecular weight is 229 g/mol. The third kappa shape index (κ3) is 2.41. The topological polar surface area (TPSA) is 47.8 Å². The number of aryl methyl sites for hydroxylation is 3. The highest BCUT2D eigenvalue weighted by molar-refractivity contribution is 5.99. The Morgan fingerprint density at radius 1 is 1.29 bits per heavy atom. The van der Waals surface area contributed by atoms with Gasteiger partial charge in [0.1, 0.15) is 0 Å². The molecule has 88 valence electrons. The van der Waals surface area contributed by atoms with Crippen LogP contribution in [0.1, 0.15) is 27.2 Å². The Balaban J connectivity index is 2.26. The minimum atomic E-state index is 0.0982. The van der Waals surface area contributed by atoms with Gasteiger partial charge in [0, 0.05) is 18.8 Å². The van der Waals surface area contributed by atoms with Crippen molar-refractivity contribution in [3.63, 3.8) is 0 Å². The Labute approximate surface area is 100 Å². The van der Waals surface area contributed by atoms with E-state index in [9.17, 15) is 4.79 Å². The average Bonchev–Trinajstić information content (AvgIpc) is 2.63. The molecule has 0 amide bonds. The maximum absolute atomic E-state index is 12.2.